The quantitative estimate of drug-likeness (QED) is 0.423. The maximum Gasteiger partial charge on any atom is 0.268 e. The minimum absolute atomic E-state index is 0.0681. The van der Waals surface area contributed by atoms with E-state index in [-0.39, 0.29) is 20.6 Å². The third-order valence-corrected chi connectivity index (χ3v) is 8.50. The molecule has 0 aliphatic carbocycles. The van der Waals surface area contributed by atoms with Gasteiger partial charge >= 0.3 is 0 Å². The Morgan fingerprint density at radius 2 is 1.31 bits per heavy atom. The van der Waals surface area contributed by atoms with Crippen LogP contribution >= 0.6 is 0 Å². The molecule has 0 amide bonds. The molecule has 160 valence electrons. The Kier molecular flexibility index (Phi) is 4.72. The van der Waals surface area contributed by atoms with Crippen molar-refractivity contribution >= 4 is 30.8 Å². The summed E-state index contributed by atoms with van der Waals surface area (Å²) in [5.74, 6) is 0.262. The predicted octanol–water partition coefficient (Wildman–Crippen LogP) is 4.10. The van der Waals surface area contributed by atoms with Crippen molar-refractivity contribution in [2.45, 2.75) is 14.8 Å². The Morgan fingerprint density at radius 3 is 2.00 bits per heavy atom. The first-order valence-corrected chi connectivity index (χ1v) is 12.6. The fraction of sp³-hybridized carbons (Fsp3) is 0. The summed E-state index contributed by atoms with van der Waals surface area (Å²) in [5, 5.41) is 0.562. The van der Waals surface area contributed by atoms with Crippen molar-refractivity contribution in [3.05, 3.63) is 97.3 Å². The first-order valence-electron chi connectivity index (χ1n) is 9.65. The second-order valence-electron chi connectivity index (χ2n) is 7.09. The number of H-pyrrole nitrogens is 1. The molecule has 0 unspecified atom stereocenters. The van der Waals surface area contributed by atoms with Crippen LogP contribution < -0.4 is 0 Å². The van der Waals surface area contributed by atoms with Gasteiger partial charge in [-0.2, -0.15) is 0 Å². The third-order valence-electron chi connectivity index (χ3n) is 5.13. The zero-order valence-corrected chi connectivity index (χ0v) is 18.2. The summed E-state index contributed by atoms with van der Waals surface area (Å²) in [4.78, 5) is 7.41. The Morgan fingerprint density at radius 1 is 0.719 bits per heavy atom. The van der Waals surface area contributed by atoms with Crippen LogP contribution in [0.1, 0.15) is 0 Å². The average molecular weight is 464 g/mol. The normalized spacial score (nSPS) is 12.2. The highest BCUT2D eigenvalue weighted by molar-refractivity contribution is 7.91. The highest BCUT2D eigenvalue weighted by atomic mass is 32.2. The lowest BCUT2D eigenvalue weighted by Crippen LogP contribution is -2.11. The van der Waals surface area contributed by atoms with E-state index < -0.39 is 19.9 Å². The molecule has 0 saturated heterocycles. The van der Waals surface area contributed by atoms with Crippen molar-refractivity contribution in [1.82, 2.24) is 13.9 Å². The zero-order valence-electron chi connectivity index (χ0n) is 16.6. The van der Waals surface area contributed by atoms with Crippen molar-refractivity contribution in [3.8, 4) is 11.4 Å². The molecule has 1 N–H and O–H groups in total. The number of benzene rings is 3. The number of hydrogen-bond donors (Lipinski definition) is 1. The molecule has 0 fully saturated rings. The van der Waals surface area contributed by atoms with Gasteiger partial charge in [0.2, 0.25) is 9.84 Å². The van der Waals surface area contributed by atoms with Crippen LogP contribution in [0.15, 0.2) is 112 Å². The molecule has 2 heterocycles. The van der Waals surface area contributed by atoms with Gasteiger partial charge in [-0.15, -0.1) is 0 Å². The molecule has 3 aromatic carbocycles. The number of sulfone groups is 1. The van der Waals surface area contributed by atoms with E-state index in [1.165, 1.54) is 40.6 Å². The first kappa shape index (κ1) is 20.2. The lowest BCUT2D eigenvalue weighted by Gasteiger charge is -2.07. The van der Waals surface area contributed by atoms with E-state index in [4.69, 9.17) is 0 Å². The van der Waals surface area contributed by atoms with Crippen molar-refractivity contribution < 1.29 is 16.8 Å². The van der Waals surface area contributed by atoms with Gasteiger partial charge in [0, 0.05) is 17.1 Å². The average Bonchev–Trinajstić information content (AvgIpc) is 3.46. The van der Waals surface area contributed by atoms with Crippen LogP contribution in [-0.2, 0) is 19.9 Å². The van der Waals surface area contributed by atoms with Gasteiger partial charge in [-0.25, -0.2) is 25.8 Å². The molecule has 5 aromatic rings. The van der Waals surface area contributed by atoms with E-state index in [0.717, 1.165) is 0 Å². The zero-order chi connectivity index (χ0) is 22.3. The third kappa shape index (κ3) is 3.22. The number of nitrogens with zero attached hydrogens (tertiary/aromatic N) is 2. The van der Waals surface area contributed by atoms with Crippen molar-refractivity contribution in [2.24, 2.45) is 0 Å². The van der Waals surface area contributed by atoms with Crippen LogP contribution in [0.4, 0.5) is 0 Å². The van der Waals surface area contributed by atoms with E-state index in [1.807, 2.05) is 0 Å². The molecule has 0 aliphatic rings. The standard InChI is InChI=1S/C23H17N3O4S2/c27-31(28,17-9-3-1-4-10-17)22-15-24-23(25-22)20-16-26(21-14-8-7-13-19(20)21)32(29,30)18-11-5-2-6-12-18/h1-16H,(H,24,25). The number of aromatic amines is 1. The van der Waals surface area contributed by atoms with Crippen molar-refractivity contribution in [3.63, 3.8) is 0 Å². The van der Waals surface area contributed by atoms with Gasteiger partial charge in [-0.05, 0) is 30.3 Å². The van der Waals surface area contributed by atoms with Crippen molar-refractivity contribution in [2.75, 3.05) is 0 Å². The lowest BCUT2D eigenvalue weighted by molar-refractivity contribution is 0.588. The molecule has 0 bridgehead atoms. The van der Waals surface area contributed by atoms with Crippen LogP contribution in [0.3, 0.4) is 0 Å². The number of aromatic nitrogens is 3. The van der Waals surface area contributed by atoms with Gasteiger partial charge < -0.3 is 4.98 Å². The number of hydrogen-bond acceptors (Lipinski definition) is 5. The van der Waals surface area contributed by atoms with Crippen LogP contribution in [0.5, 0.6) is 0 Å². The Labute approximate surface area is 185 Å². The predicted molar refractivity (Wildman–Crippen MR) is 120 cm³/mol. The Bertz CT molecular complexity index is 1640. The lowest BCUT2D eigenvalue weighted by atomic mass is 10.2. The van der Waals surface area contributed by atoms with Gasteiger partial charge in [0.05, 0.1) is 21.5 Å². The molecule has 0 spiro atoms. The maximum absolute atomic E-state index is 13.3. The van der Waals surface area contributed by atoms with E-state index in [1.54, 1.807) is 60.7 Å². The van der Waals surface area contributed by atoms with E-state index in [2.05, 4.69) is 9.97 Å². The minimum atomic E-state index is -3.86. The second-order valence-corrected chi connectivity index (χ2v) is 10.8. The first-order chi connectivity index (χ1) is 15.4. The molecule has 0 saturated carbocycles. The summed E-state index contributed by atoms with van der Waals surface area (Å²) >= 11 is 0. The molecule has 7 nitrogen and oxygen atoms in total. The van der Waals surface area contributed by atoms with Crippen LogP contribution in [0.2, 0.25) is 0 Å². The summed E-state index contributed by atoms with van der Waals surface area (Å²) < 4.78 is 53.6. The second kappa shape index (κ2) is 7.47. The summed E-state index contributed by atoms with van der Waals surface area (Å²) in [6.45, 7) is 0. The Balaban J connectivity index is 1.66. The van der Waals surface area contributed by atoms with Gasteiger partial charge in [-0.1, -0.05) is 54.6 Å². The van der Waals surface area contributed by atoms with Gasteiger partial charge in [-0.3, -0.25) is 0 Å². The largest absolute Gasteiger partial charge is 0.329 e. The monoisotopic (exact) mass is 463 g/mol. The highest BCUT2D eigenvalue weighted by Crippen LogP contribution is 2.32. The summed E-state index contributed by atoms with van der Waals surface area (Å²) in [7, 11) is -7.65. The number of imidazole rings is 1. The Hall–Kier alpha value is -3.69. The van der Waals surface area contributed by atoms with Crippen LogP contribution in [0.25, 0.3) is 22.3 Å². The van der Waals surface area contributed by atoms with Crippen LogP contribution in [-0.4, -0.2) is 30.8 Å². The number of nitrogens with one attached hydrogen (secondary N) is 1. The molecule has 9 heteroatoms. The number of para-hydroxylation sites is 1. The molecule has 32 heavy (non-hydrogen) atoms. The molecule has 5 rings (SSSR count). The van der Waals surface area contributed by atoms with Crippen molar-refractivity contribution in [1.29, 1.82) is 0 Å². The summed E-state index contributed by atoms with van der Waals surface area (Å²) in [5.41, 5.74) is 0.949. The van der Waals surface area contributed by atoms with Gasteiger partial charge in [0.1, 0.15) is 5.82 Å². The number of fused-ring (bicyclic) bond motifs is 1. The van der Waals surface area contributed by atoms with E-state index in [0.29, 0.717) is 16.5 Å². The molecule has 2 aromatic heterocycles. The molecule has 0 aliphatic heterocycles. The number of rotatable bonds is 5. The molecule has 0 radical (unpaired) electrons. The fourth-order valence-corrected chi connectivity index (χ4v) is 6.13. The molecular weight excluding hydrogens is 446 g/mol. The summed E-state index contributed by atoms with van der Waals surface area (Å²) in [6, 6.07) is 23.2. The maximum atomic E-state index is 13.3. The summed E-state index contributed by atoms with van der Waals surface area (Å²) in [6.07, 6.45) is 2.71. The van der Waals surface area contributed by atoms with Gasteiger partial charge in [0.25, 0.3) is 10.0 Å². The van der Waals surface area contributed by atoms with Gasteiger partial charge in [0.15, 0.2) is 5.03 Å². The smallest absolute Gasteiger partial charge is 0.268 e. The van der Waals surface area contributed by atoms with E-state index in [9.17, 15) is 16.8 Å². The molecular formula is C23H17N3O4S2. The van der Waals surface area contributed by atoms with Crippen LogP contribution in [0, 0.1) is 0 Å². The molecule has 0 atom stereocenters. The minimum Gasteiger partial charge on any atom is -0.329 e. The SMILES string of the molecule is O=S(=O)(c1ccccc1)c1cnc(-c2cn(S(=O)(=O)c3ccccc3)c3ccccc23)[nH]1. The topological polar surface area (TPSA) is 102 Å². The fourth-order valence-electron chi connectivity index (χ4n) is 3.55. The highest BCUT2D eigenvalue weighted by Gasteiger charge is 2.24. The van der Waals surface area contributed by atoms with E-state index >= 15 is 0 Å².